The standard InChI is InChI=1S/C52H103NO5/c1-3-5-7-9-11-13-14-15-19-23-26-30-34-38-42-46-52(57)58-47-43-39-35-31-27-24-21-18-16-17-20-22-25-29-33-37-41-45-51(56)53-49(48-54)50(55)44-40-36-32-28-12-10-8-6-4-2/h49-50,54-55H,3-48H2,1-2H3,(H,53,56). The average Bonchev–Trinajstić information content (AvgIpc) is 3.22. The maximum Gasteiger partial charge on any atom is 0.305 e. The van der Waals surface area contributed by atoms with Gasteiger partial charge in [0.2, 0.25) is 5.91 Å². The molecule has 346 valence electrons. The van der Waals surface area contributed by atoms with Crippen molar-refractivity contribution < 1.29 is 24.5 Å². The number of aliphatic hydroxyl groups is 2. The van der Waals surface area contributed by atoms with Crippen LogP contribution in [-0.4, -0.2) is 47.4 Å². The zero-order valence-electron chi connectivity index (χ0n) is 39.3. The molecule has 0 aliphatic carbocycles. The Kier molecular flexibility index (Phi) is 47.6. The van der Waals surface area contributed by atoms with E-state index in [0.29, 0.717) is 25.9 Å². The fourth-order valence-electron chi connectivity index (χ4n) is 8.35. The van der Waals surface area contributed by atoms with Crippen molar-refractivity contribution in [2.45, 2.75) is 309 Å². The number of amides is 1. The molecule has 58 heavy (non-hydrogen) atoms. The summed E-state index contributed by atoms with van der Waals surface area (Å²) in [5.74, 6) is -0.0330. The third-order valence-corrected chi connectivity index (χ3v) is 12.4. The predicted molar refractivity (Wildman–Crippen MR) is 250 cm³/mol. The zero-order chi connectivity index (χ0) is 42.3. The molecule has 0 heterocycles. The van der Waals surface area contributed by atoms with E-state index in [1.54, 1.807) is 0 Å². The summed E-state index contributed by atoms with van der Waals surface area (Å²) in [6.45, 7) is 4.93. The zero-order valence-corrected chi connectivity index (χ0v) is 39.3. The van der Waals surface area contributed by atoms with Crippen molar-refractivity contribution in [3.63, 3.8) is 0 Å². The molecule has 0 bridgehead atoms. The quantitative estimate of drug-likeness (QED) is 0.0420. The molecule has 0 rings (SSSR count). The summed E-state index contributed by atoms with van der Waals surface area (Å²) in [5, 5.41) is 23.1. The summed E-state index contributed by atoms with van der Waals surface area (Å²) in [6.07, 6.45) is 53.7. The van der Waals surface area contributed by atoms with Gasteiger partial charge in [0, 0.05) is 12.8 Å². The third kappa shape index (κ3) is 44.4. The van der Waals surface area contributed by atoms with Gasteiger partial charge in [-0.25, -0.2) is 0 Å². The Morgan fingerprint density at radius 2 is 0.707 bits per heavy atom. The minimum atomic E-state index is -0.664. The number of carbonyl (C=O) groups excluding carboxylic acids is 2. The lowest BCUT2D eigenvalue weighted by atomic mass is 10.0. The van der Waals surface area contributed by atoms with Gasteiger partial charge in [-0.05, 0) is 25.7 Å². The molecule has 0 aliphatic heterocycles. The number of aliphatic hydroxyl groups excluding tert-OH is 2. The van der Waals surface area contributed by atoms with Crippen molar-refractivity contribution >= 4 is 11.9 Å². The van der Waals surface area contributed by atoms with Crippen LogP contribution in [0.4, 0.5) is 0 Å². The number of ether oxygens (including phenoxy) is 1. The molecule has 0 aromatic rings. The van der Waals surface area contributed by atoms with Gasteiger partial charge in [-0.15, -0.1) is 0 Å². The maximum absolute atomic E-state index is 12.4. The van der Waals surface area contributed by atoms with Crippen LogP contribution in [0.2, 0.25) is 0 Å². The number of esters is 1. The molecule has 6 nitrogen and oxygen atoms in total. The number of nitrogens with one attached hydrogen (secondary N) is 1. The van der Waals surface area contributed by atoms with Crippen molar-refractivity contribution in [1.29, 1.82) is 0 Å². The van der Waals surface area contributed by atoms with Crippen molar-refractivity contribution in [3.8, 4) is 0 Å². The van der Waals surface area contributed by atoms with Gasteiger partial charge in [0.25, 0.3) is 0 Å². The summed E-state index contributed by atoms with van der Waals surface area (Å²) in [6, 6.07) is -0.541. The lowest BCUT2D eigenvalue weighted by Crippen LogP contribution is -2.45. The second kappa shape index (κ2) is 48.5. The van der Waals surface area contributed by atoms with Gasteiger partial charge >= 0.3 is 5.97 Å². The Bertz CT molecular complexity index is 822. The first-order valence-electron chi connectivity index (χ1n) is 26.3. The second-order valence-electron chi connectivity index (χ2n) is 18.2. The molecule has 2 unspecified atom stereocenters. The van der Waals surface area contributed by atoms with Crippen molar-refractivity contribution in [2.75, 3.05) is 13.2 Å². The van der Waals surface area contributed by atoms with Crippen LogP contribution in [0, 0.1) is 0 Å². The Hall–Kier alpha value is -1.14. The number of hydrogen-bond donors (Lipinski definition) is 3. The van der Waals surface area contributed by atoms with E-state index in [-0.39, 0.29) is 18.5 Å². The summed E-state index contributed by atoms with van der Waals surface area (Å²) >= 11 is 0. The van der Waals surface area contributed by atoms with Crippen LogP contribution < -0.4 is 5.32 Å². The van der Waals surface area contributed by atoms with E-state index in [4.69, 9.17) is 4.74 Å². The first kappa shape index (κ1) is 56.9. The molecule has 1 amide bonds. The largest absolute Gasteiger partial charge is 0.466 e. The van der Waals surface area contributed by atoms with Crippen LogP contribution in [0.15, 0.2) is 0 Å². The van der Waals surface area contributed by atoms with Crippen LogP contribution in [0.1, 0.15) is 296 Å². The van der Waals surface area contributed by atoms with E-state index < -0.39 is 12.1 Å². The lowest BCUT2D eigenvalue weighted by Gasteiger charge is -2.22. The summed E-state index contributed by atoms with van der Waals surface area (Å²) in [4.78, 5) is 24.4. The Morgan fingerprint density at radius 1 is 0.414 bits per heavy atom. The van der Waals surface area contributed by atoms with Crippen LogP contribution in [-0.2, 0) is 14.3 Å². The van der Waals surface area contributed by atoms with E-state index in [1.165, 1.54) is 225 Å². The molecule has 0 radical (unpaired) electrons. The van der Waals surface area contributed by atoms with Crippen molar-refractivity contribution in [3.05, 3.63) is 0 Å². The summed E-state index contributed by atoms with van der Waals surface area (Å²) in [7, 11) is 0. The highest BCUT2D eigenvalue weighted by Crippen LogP contribution is 2.17. The molecular formula is C52H103NO5. The van der Waals surface area contributed by atoms with Gasteiger partial charge in [0.1, 0.15) is 0 Å². The fourth-order valence-corrected chi connectivity index (χ4v) is 8.35. The molecule has 0 aromatic heterocycles. The van der Waals surface area contributed by atoms with Crippen LogP contribution >= 0.6 is 0 Å². The Morgan fingerprint density at radius 3 is 1.05 bits per heavy atom. The molecule has 2 atom stereocenters. The molecule has 0 spiro atoms. The third-order valence-electron chi connectivity index (χ3n) is 12.4. The molecule has 0 fully saturated rings. The minimum absolute atomic E-state index is 0.00850. The maximum atomic E-state index is 12.4. The molecule has 3 N–H and O–H groups in total. The van der Waals surface area contributed by atoms with Crippen LogP contribution in [0.5, 0.6) is 0 Å². The van der Waals surface area contributed by atoms with E-state index >= 15 is 0 Å². The van der Waals surface area contributed by atoms with Gasteiger partial charge in [-0.3, -0.25) is 9.59 Å². The molecule has 0 saturated carbocycles. The predicted octanol–water partition coefficient (Wildman–Crippen LogP) is 15.6. The number of carbonyl (C=O) groups is 2. The average molecular weight is 822 g/mol. The first-order chi connectivity index (χ1) is 28.5. The highest BCUT2D eigenvalue weighted by molar-refractivity contribution is 5.76. The SMILES string of the molecule is CCCCCCCCCCCCCCCCCC(=O)OCCCCCCCCCCCCCCCCCCCC(=O)NC(CO)C(O)CCCCCCCCCCC. The van der Waals surface area contributed by atoms with Crippen LogP contribution in [0.25, 0.3) is 0 Å². The smallest absolute Gasteiger partial charge is 0.305 e. The van der Waals surface area contributed by atoms with Crippen LogP contribution in [0.3, 0.4) is 0 Å². The highest BCUT2D eigenvalue weighted by Gasteiger charge is 2.20. The van der Waals surface area contributed by atoms with Gasteiger partial charge in [-0.2, -0.15) is 0 Å². The first-order valence-corrected chi connectivity index (χ1v) is 26.3. The number of rotatable bonds is 49. The topological polar surface area (TPSA) is 95.9 Å². The van der Waals surface area contributed by atoms with E-state index in [9.17, 15) is 19.8 Å². The van der Waals surface area contributed by atoms with Gasteiger partial charge in [0.05, 0.1) is 25.4 Å². The summed E-state index contributed by atoms with van der Waals surface area (Å²) in [5.41, 5.74) is 0. The molecular weight excluding hydrogens is 719 g/mol. The lowest BCUT2D eigenvalue weighted by molar-refractivity contribution is -0.143. The number of unbranched alkanes of at least 4 members (excludes halogenated alkanes) is 38. The monoisotopic (exact) mass is 822 g/mol. The fraction of sp³-hybridized carbons (Fsp3) is 0.962. The van der Waals surface area contributed by atoms with E-state index in [0.717, 1.165) is 38.5 Å². The molecule has 0 aromatic carbocycles. The number of hydrogen-bond acceptors (Lipinski definition) is 5. The molecule has 0 aliphatic rings. The Balaban J connectivity index is 3.36. The molecule has 0 saturated heterocycles. The van der Waals surface area contributed by atoms with Crippen molar-refractivity contribution in [1.82, 2.24) is 5.32 Å². The van der Waals surface area contributed by atoms with E-state index in [1.807, 2.05) is 0 Å². The second-order valence-corrected chi connectivity index (χ2v) is 18.2. The highest BCUT2D eigenvalue weighted by atomic mass is 16.5. The van der Waals surface area contributed by atoms with Gasteiger partial charge < -0.3 is 20.3 Å². The summed E-state index contributed by atoms with van der Waals surface area (Å²) < 4.78 is 5.47. The Labute approximate surface area is 362 Å². The van der Waals surface area contributed by atoms with Gasteiger partial charge in [-0.1, -0.05) is 258 Å². The van der Waals surface area contributed by atoms with E-state index in [2.05, 4.69) is 19.2 Å². The molecule has 6 heteroatoms. The van der Waals surface area contributed by atoms with Gasteiger partial charge in [0.15, 0.2) is 0 Å². The van der Waals surface area contributed by atoms with Crippen molar-refractivity contribution in [2.24, 2.45) is 0 Å². The minimum Gasteiger partial charge on any atom is -0.466 e. The normalized spacial score (nSPS) is 12.6.